The predicted molar refractivity (Wildman–Crippen MR) is 117 cm³/mol. The van der Waals surface area contributed by atoms with E-state index in [1.165, 1.54) is 11.3 Å². The van der Waals surface area contributed by atoms with Crippen LogP contribution in [0.3, 0.4) is 0 Å². The standard InChI is InChI=1S/C22H20F3N5O3S/c23-22(24,25)13-27-32-11-20(31)30-7-5-14(6-8-30)21-28-18(12-34-21)17-9-19(33-29-17)16-4-2-1-3-15(16)10-26/h1-4,9,12-14,19,29H,5-8,11H2. The van der Waals surface area contributed by atoms with Gasteiger partial charge in [0.2, 0.25) is 0 Å². The van der Waals surface area contributed by atoms with Gasteiger partial charge in [0.15, 0.2) is 6.61 Å². The maximum Gasteiger partial charge on any atom is 0.429 e. The number of carbonyl (C=O) groups excluding carboxylic acids is 1. The van der Waals surface area contributed by atoms with E-state index in [0.717, 1.165) is 22.0 Å². The molecule has 1 fully saturated rings. The number of oxime groups is 1. The molecular formula is C22H20F3N5O3S. The third kappa shape index (κ3) is 5.73. The fourth-order valence-electron chi connectivity index (χ4n) is 3.74. The van der Waals surface area contributed by atoms with Gasteiger partial charge in [-0.05, 0) is 25.0 Å². The van der Waals surface area contributed by atoms with E-state index in [1.54, 1.807) is 17.0 Å². The average molecular weight is 491 g/mol. The molecule has 1 saturated heterocycles. The van der Waals surface area contributed by atoms with Crippen LogP contribution >= 0.6 is 11.3 Å². The Morgan fingerprint density at radius 2 is 2.15 bits per heavy atom. The molecule has 0 radical (unpaired) electrons. The number of likely N-dealkylation sites (tertiary alicyclic amines) is 1. The van der Waals surface area contributed by atoms with Gasteiger partial charge < -0.3 is 9.74 Å². The smallest absolute Gasteiger partial charge is 0.386 e. The highest BCUT2D eigenvalue weighted by atomic mass is 32.1. The monoisotopic (exact) mass is 491 g/mol. The lowest BCUT2D eigenvalue weighted by Gasteiger charge is -2.30. The van der Waals surface area contributed by atoms with Crippen molar-refractivity contribution in [1.82, 2.24) is 15.4 Å². The molecule has 2 aliphatic rings. The van der Waals surface area contributed by atoms with Crippen LogP contribution in [0.25, 0.3) is 5.70 Å². The number of nitrogens with one attached hydrogen (secondary N) is 1. The van der Waals surface area contributed by atoms with Gasteiger partial charge >= 0.3 is 6.18 Å². The van der Waals surface area contributed by atoms with Crippen molar-refractivity contribution in [1.29, 1.82) is 5.26 Å². The molecule has 1 amide bonds. The van der Waals surface area contributed by atoms with E-state index >= 15 is 0 Å². The SMILES string of the molecule is N#Cc1ccccc1C1C=C(c2csc(C3CCN(C(=O)CON=CC(F)(F)F)CC3)n2)NO1. The van der Waals surface area contributed by atoms with Gasteiger partial charge in [-0.1, -0.05) is 23.4 Å². The molecule has 0 aliphatic carbocycles. The van der Waals surface area contributed by atoms with Gasteiger partial charge in [0.1, 0.15) is 12.3 Å². The maximum atomic E-state index is 12.1. The van der Waals surface area contributed by atoms with Gasteiger partial charge in [-0.2, -0.15) is 18.4 Å². The topological polar surface area (TPSA) is 99.8 Å². The number of hydrogen-bond donors (Lipinski definition) is 1. The van der Waals surface area contributed by atoms with Crippen LogP contribution in [0.15, 0.2) is 40.9 Å². The van der Waals surface area contributed by atoms with Crippen molar-refractivity contribution in [3.8, 4) is 6.07 Å². The largest absolute Gasteiger partial charge is 0.429 e. The number of hydroxylamine groups is 1. The summed E-state index contributed by atoms with van der Waals surface area (Å²) in [5.41, 5.74) is 5.68. The van der Waals surface area contributed by atoms with Gasteiger partial charge in [0.05, 0.1) is 28.0 Å². The van der Waals surface area contributed by atoms with Crippen molar-refractivity contribution in [2.45, 2.75) is 31.0 Å². The molecule has 1 aromatic heterocycles. The van der Waals surface area contributed by atoms with Gasteiger partial charge in [0, 0.05) is 30.0 Å². The van der Waals surface area contributed by atoms with Crippen molar-refractivity contribution >= 4 is 29.2 Å². The lowest BCUT2D eigenvalue weighted by molar-refractivity contribution is -0.137. The van der Waals surface area contributed by atoms with Crippen molar-refractivity contribution in [3.05, 3.63) is 57.6 Å². The molecule has 2 aromatic rings. The molecule has 4 rings (SSSR count). The van der Waals surface area contributed by atoms with Crippen LogP contribution in [0, 0.1) is 11.3 Å². The maximum absolute atomic E-state index is 12.1. The summed E-state index contributed by atoms with van der Waals surface area (Å²) in [5.74, 6) is -0.233. The molecular weight excluding hydrogens is 471 g/mol. The van der Waals surface area contributed by atoms with Crippen LogP contribution in [0.1, 0.15) is 46.7 Å². The number of benzene rings is 1. The third-order valence-corrected chi connectivity index (χ3v) is 6.47. The molecule has 3 heterocycles. The first-order valence-electron chi connectivity index (χ1n) is 10.4. The fourth-order valence-corrected chi connectivity index (χ4v) is 4.73. The Morgan fingerprint density at radius 1 is 1.38 bits per heavy atom. The van der Waals surface area contributed by atoms with Gasteiger partial charge in [-0.25, -0.2) is 4.98 Å². The Bertz CT molecular complexity index is 1130. The number of nitriles is 1. The summed E-state index contributed by atoms with van der Waals surface area (Å²) >= 11 is 1.52. The number of halogens is 3. The number of aromatic nitrogens is 1. The summed E-state index contributed by atoms with van der Waals surface area (Å²) in [6.07, 6.45) is -2.01. The van der Waals surface area contributed by atoms with Crippen LogP contribution in [0.2, 0.25) is 0 Å². The Labute approximate surface area is 197 Å². The predicted octanol–water partition coefficient (Wildman–Crippen LogP) is 3.90. The van der Waals surface area contributed by atoms with E-state index in [-0.39, 0.29) is 12.1 Å². The van der Waals surface area contributed by atoms with E-state index in [4.69, 9.17) is 9.82 Å². The molecule has 1 atom stereocenters. The molecule has 1 aromatic carbocycles. The van der Waals surface area contributed by atoms with E-state index in [2.05, 4.69) is 21.5 Å². The Morgan fingerprint density at radius 3 is 2.88 bits per heavy atom. The second-order valence-electron chi connectivity index (χ2n) is 7.70. The summed E-state index contributed by atoms with van der Waals surface area (Å²) in [4.78, 5) is 28.5. The lowest BCUT2D eigenvalue weighted by Crippen LogP contribution is -2.39. The first-order valence-corrected chi connectivity index (χ1v) is 11.3. The molecule has 1 unspecified atom stereocenters. The third-order valence-electron chi connectivity index (χ3n) is 5.46. The van der Waals surface area contributed by atoms with Gasteiger partial charge in [-0.15, -0.1) is 11.3 Å². The van der Waals surface area contributed by atoms with Crippen molar-refractivity contribution in [2.24, 2.45) is 5.16 Å². The van der Waals surface area contributed by atoms with E-state index in [9.17, 15) is 23.2 Å². The molecule has 0 spiro atoms. The number of thiazole rings is 1. The zero-order valence-electron chi connectivity index (χ0n) is 17.8. The molecule has 0 saturated carbocycles. The van der Waals surface area contributed by atoms with Crippen molar-refractivity contribution < 1.29 is 27.6 Å². The Hall–Kier alpha value is -3.43. The molecule has 34 heavy (non-hydrogen) atoms. The Kier molecular flexibility index (Phi) is 7.14. The van der Waals surface area contributed by atoms with E-state index < -0.39 is 24.8 Å². The minimum Gasteiger partial charge on any atom is -0.386 e. The summed E-state index contributed by atoms with van der Waals surface area (Å²) in [7, 11) is 0. The Balaban J connectivity index is 1.31. The molecule has 8 nitrogen and oxygen atoms in total. The van der Waals surface area contributed by atoms with Gasteiger partial charge in [-0.3, -0.25) is 15.1 Å². The van der Waals surface area contributed by atoms with Crippen molar-refractivity contribution in [2.75, 3.05) is 19.7 Å². The number of hydrogen-bond acceptors (Lipinski definition) is 8. The number of amides is 1. The fraction of sp³-hybridized carbons (Fsp3) is 0.364. The van der Waals surface area contributed by atoms with Gasteiger partial charge in [0.25, 0.3) is 5.91 Å². The highest BCUT2D eigenvalue weighted by Crippen LogP contribution is 2.34. The highest BCUT2D eigenvalue weighted by molar-refractivity contribution is 7.09. The summed E-state index contributed by atoms with van der Waals surface area (Å²) in [5, 5.41) is 15.0. The lowest BCUT2D eigenvalue weighted by atomic mass is 9.97. The highest BCUT2D eigenvalue weighted by Gasteiger charge is 2.28. The minimum absolute atomic E-state index is 0.171. The minimum atomic E-state index is -4.58. The number of alkyl halides is 3. The van der Waals surface area contributed by atoms with E-state index in [0.29, 0.717) is 31.5 Å². The van der Waals surface area contributed by atoms with Crippen LogP contribution in [0.4, 0.5) is 13.2 Å². The zero-order chi connectivity index (χ0) is 24.1. The second-order valence-corrected chi connectivity index (χ2v) is 8.59. The molecule has 12 heteroatoms. The number of nitrogens with zero attached hydrogens (tertiary/aromatic N) is 4. The van der Waals surface area contributed by atoms with Crippen LogP contribution in [-0.4, -0.2) is 47.9 Å². The zero-order valence-corrected chi connectivity index (χ0v) is 18.6. The molecule has 178 valence electrons. The molecule has 1 N–H and O–H groups in total. The van der Waals surface area contributed by atoms with Crippen LogP contribution in [-0.2, 0) is 14.5 Å². The van der Waals surface area contributed by atoms with E-state index in [1.807, 2.05) is 23.6 Å². The average Bonchev–Trinajstić information content (AvgIpc) is 3.51. The normalized spacial score (nSPS) is 19.1. The number of rotatable bonds is 6. The molecule has 2 aliphatic heterocycles. The van der Waals surface area contributed by atoms with Crippen molar-refractivity contribution in [3.63, 3.8) is 0 Å². The first-order chi connectivity index (χ1) is 16.3. The first kappa shape index (κ1) is 23.7. The van der Waals surface area contributed by atoms with Crippen LogP contribution < -0.4 is 5.48 Å². The summed E-state index contributed by atoms with van der Waals surface area (Å²) in [6, 6.07) is 9.41. The second kappa shape index (κ2) is 10.2. The quantitative estimate of drug-likeness (QED) is 0.486. The molecule has 0 bridgehead atoms. The van der Waals surface area contributed by atoms with Crippen LogP contribution in [0.5, 0.6) is 0 Å². The summed E-state index contributed by atoms with van der Waals surface area (Å²) < 4.78 is 36.0. The number of carbonyl (C=O) groups is 1. The number of piperidine rings is 1. The summed E-state index contributed by atoms with van der Waals surface area (Å²) in [6.45, 7) is 0.387.